The van der Waals surface area contributed by atoms with Gasteiger partial charge in [-0.15, -0.1) is 0 Å². The third-order valence-electron chi connectivity index (χ3n) is 5.24. The fourth-order valence-corrected chi connectivity index (χ4v) is 3.89. The second kappa shape index (κ2) is 5.68. The molecule has 4 heteroatoms. The number of fused-ring (bicyclic) bond motifs is 1. The van der Waals surface area contributed by atoms with Crippen molar-refractivity contribution in [3.8, 4) is 0 Å². The molecule has 0 bridgehead atoms. The van der Waals surface area contributed by atoms with E-state index in [0.29, 0.717) is 17.6 Å². The predicted molar refractivity (Wildman–Crippen MR) is 85.3 cm³/mol. The van der Waals surface area contributed by atoms with Crippen LogP contribution in [0.5, 0.6) is 0 Å². The number of nitrogen functional groups attached to an aromatic ring is 1. The summed E-state index contributed by atoms with van der Waals surface area (Å²) in [6.45, 7) is 4.88. The van der Waals surface area contributed by atoms with Gasteiger partial charge in [-0.2, -0.15) is 0 Å². The van der Waals surface area contributed by atoms with E-state index in [4.69, 9.17) is 5.73 Å². The number of anilines is 1. The summed E-state index contributed by atoms with van der Waals surface area (Å²) in [6.07, 6.45) is 3.58. The van der Waals surface area contributed by atoms with Crippen LogP contribution < -0.4 is 5.73 Å². The van der Waals surface area contributed by atoms with Crippen molar-refractivity contribution in [3.63, 3.8) is 0 Å². The number of nitrogens with zero attached hydrogens (tertiary/aromatic N) is 2. The second-order valence-electron chi connectivity index (χ2n) is 6.51. The monoisotopic (exact) mass is 287 g/mol. The van der Waals surface area contributed by atoms with Crippen molar-refractivity contribution in [2.24, 2.45) is 5.92 Å². The maximum absolute atomic E-state index is 12.8. The molecule has 2 fully saturated rings. The Labute approximate surface area is 126 Å². The van der Waals surface area contributed by atoms with Crippen molar-refractivity contribution in [2.75, 3.05) is 32.4 Å². The summed E-state index contributed by atoms with van der Waals surface area (Å²) in [4.78, 5) is 17.3. The first-order valence-corrected chi connectivity index (χ1v) is 7.92. The number of amides is 1. The van der Waals surface area contributed by atoms with E-state index in [1.165, 1.54) is 19.4 Å². The number of likely N-dealkylation sites (tertiary alicyclic amines) is 2. The Kier molecular flexibility index (Phi) is 3.89. The van der Waals surface area contributed by atoms with Crippen LogP contribution in [0.1, 0.15) is 35.2 Å². The van der Waals surface area contributed by atoms with Gasteiger partial charge in [0.1, 0.15) is 0 Å². The maximum Gasteiger partial charge on any atom is 0.254 e. The number of hydrogen-bond donors (Lipinski definition) is 1. The molecule has 0 spiro atoms. The van der Waals surface area contributed by atoms with Gasteiger partial charge in [0.2, 0.25) is 0 Å². The minimum atomic E-state index is 0.145. The molecule has 2 heterocycles. The molecule has 0 aromatic heterocycles. The van der Waals surface area contributed by atoms with Gasteiger partial charge < -0.3 is 15.5 Å². The zero-order chi connectivity index (χ0) is 15.0. The van der Waals surface area contributed by atoms with Crippen LogP contribution in [0, 0.1) is 12.8 Å². The Bertz CT molecular complexity index is 543. The van der Waals surface area contributed by atoms with Crippen LogP contribution in [0.15, 0.2) is 18.2 Å². The quantitative estimate of drug-likeness (QED) is 0.805. The zero-order valence-electron chi connectivity index (χ0n) is 13.0. The highest BCUT2D eigenvalue weighted by Gasteiger charge is 2.36. The Morgan fingerprint density at radius 1 is 1.29 bits per heavy atom. The molecule has 1 aromatic rings. The van der Waals surface area contributed by atoms with Crippen LogP contribution in [0.3, 0.4) is 0 Å². The summed E-state index contributed by atoms with van der Waals surface area (Å²) in [5, 5.41) is 0. The van der Waals surface area contributed by atoms with Crippen LogP contribution in [-0.4, -0.2) is 48.4 Å². The molecule has 0 aliphatic carbocycles. The third-order valence-corrected chi connectivity index (χ3v) is 5.24. The lowest BCUT2D eigenvalue weighted by Gasteiger charge is -2.46. The van der Waals surface area contributed by atoms with E-state index in [9.17, 15) is 4.79 Å². The van der Waals surface area contributed by atoms with Crippen molar-refractivity contribution in [1.82, 2.24) is 9.80 Å². The topological polar surface area (TPSA) is 49.6 Å². The van der Waals surface area contributed by atoms with Crippen LogP contribution in [0.2, 0.25) is 0 Å². The molecule has 0 saturated carbocycles. The Hall–Kier alpha value is -1.55. The van der Waals surface area contributed by atoms with Crippen molar-refractivity contribution in [3.05, 3.63) is 29.3 Å². The number of nitrogens with two attached hydrogens (primary N) is 1. The minimum Gasteiger partial charge on any atom is -0.398 e. The predicted octanol–water partition coefficient (Wildman–Crippen LogP) is 2.13. The molecular weight excluding hydrogens is 262 g/mol. The fourth-order valence-electron chi connectivity index (χ4n) is 3.89. The normalized spacial score (nSPS) is 26.5. The van der Waals surface area contributed by atoms with Gasteiger partial charge in [-0.05, 0) is 63.4 Å². The van der Waals surface area contributed by atoms with Gasteiger partial charge in [-0.1, -0.05) is 6.07 Å². The summed E-state index contributed by atoms with van der Waals surface area (Å²) < 4.78 is 0. The Morgan fingerprint density at radius 2 is 2.10 bits per heavy atom. The Morgan fingerprint density at radius 3 is 2.90 bits per heavy atom. The van der Waals surface area contributed by atoms with Crippen molar-refractivity contribution >= 4 is 11.6 Å². The van der Waals surface area contributed by atoms with E-state index in [2.05, 4.69) is 11.9 Å². The van der Waals surface area contributed by atoms with Gasteiger partial charge in [0.25, 0.3) is 5.91 Å². The lowest BCUT2D eigenvalue weighted by molar-refractivity contribution is 0.0316. The fraction of sp³-hybridized carbons (Fsp3) is 0.588. The summed E-state index contributed by atoms with van der Waals surface area (Å²) >= 11 is 0. The third kappa shape index (κ3) is 2.64. The highest BCUT2D eigenvalue weighted by atomic mass is 16.2. The average Bonchev–Trinajstić information content (AvgIpc) is 2.49. The van der Waals surface area contributed by atoms with Crippen LogP contribution in [-0.2, 0) is 0 Å². The van der Waals surface area contributed by atoms with E-state index < -0.39 is 0 Å². The summed E-state index contributed by atoms with van der Waals surface area (Å²) in [6, 6.07) is 6.28. The largest absolute Gasteiger partial charge is 0.398 e. The van der Waals surface area contributed by atoms with Crippen LogP contribution >= 0.6 is 0 Å². The van der Waals surface area contributed by atoms with Gasteiger partial charge in [0.15, 0.2) is 0 Å². The number of rotatable bonds is 1. The zero-order valence-corrected chi connectivity index (χ0v) is 13.0. The molecule has 2 atom stereocenters. The minimum absolute atomic E-state index is 0.145. The lowest BCUT2D eigenvalue weighted by atomic mass is 9.84. The lowest BCUT2D eigenvalue weighted by Crippen LogP contribution is -2.54. The van der Waals surface area contributed by atoms with Gasteiger partial charge in [-0.3, -0.25) is 4.79 Å². The van der Waals surface area contributed by atoms with E-state index in [0.717, 1.165) is 30.6 Å². The van der Waals surface area contributed by atoms with E-state index in [1.54, 1.807) is 0 Å². The van der Waals surface area contributed by atoms with Crippen molar-refractivity contribution < 1.29 is 4.79 Å². The van der Waals surface area contributed by atoms with Gasteiger partial charge >= 0.3 is 0 Å². The molecule has 2 aliphatic heterocycles. The molecule has 2 N–H and O–H groups in total. The molecule has 114 valence electrons. The number of carbonyl (C=O) groups is 1. The molecule has 2 saturated heterocycles. The molecule has 2 aliphatic rings. The van der Waals surface area contributed by atoms with Gasteiger partial charge in [0.05, 0.1) is 0 Å². The SMILES string of the molecule is Cc1c(N)cccc1C(=O)N1CCC2C(CCCN2C)C1. The van der Waals surface area contributed by atoms with E-state index in [1.807, 2.05) is 30.0 Å². The maximum atomic E-state index is 12.8. The molecule has 4 nitrogen and oxygen atoms in total. The number of benzene rings is 1. The smallest absolute Gasteiger partial charge is 0.254 e. The Balaban J connectivity index is 1.76. The van der Waals surface area contributed by atoms with Crippen LogP contribution in [0.4, 0.5) is 5.69 Å². The summed E-state index contributed by atoms with van der Waals surface area (Å²) in [5.41, 5.74) is 8.31. The van der Waals surface area contributed by atoms with Crippen molar-refractivity contribution in [1.29, 1.82) is 0 Å². The second-order valence-corrected chi connectivity index (χ2v) is 6.51. The number of hydrogen-bond acceptors (Lipinski definition) is 3. The standard InChI is InChI=1S/C17H25N3O/c1-12-14(6-3-7-15(12)18)17(21)20-10-8-16-13(11-20)5-4-9-19(16)2/h3,6-7,13,16H,4-5,8-11,18H2,1-2H3. The first-order valence-electron chi connectivity index (χ1n) is 7.92. The molecule has 3 rings (SSSR count). The molecule has 1 aromatic carbocycles. The van der Waals surface area contributed by atoms with E-state index >= 15 is 0 Å². The molecular formula is C17H25N3O. The number of piperidine rings is 2. The van der Waals surface area contributed by atoms with Gasteiger partial charge in [0, 0.05) is 30.4 Å². The highest BCUT2D eigenvalue weighted by molar-refractivity contribution is 5.97. The highest BCUT2D eigenvalue weighted by Crippen LogP contribution is 2.30. The van der Waals surface area contributed by atoms with Gasteiger partial charge in [-0.25, -0.2) is 0 Å². The summed E-state index contributed by atoms with van der Waals surface area (Å²) in [7, 11) is 2.22. The van der Waals surface area contributed by atoms with Crippen molar-refractivity contribution in [2.45, 2.75) is 32.2 Å². The molecule has 1 amide bonds. The molecule has 2 unspecified atom stereocenters. The molecule has 21 heavy (non-hydrogen) atoms. The number of carbonyl (C=O) groups excluding carboxylic acids is 1. The first-order chi connectivity index (χ1) is 10.1. The average molecular weight is 287 g/mol. The van der Waals surface area contributed by atoms with Crippen LogP contribution in [0.25, 0.3) is 0 Å². The summed E-state index contributed by atoms with van der Waals surface area (Å²) in [5.74, 6) is 0.772. The molecule has 0 radical (unpaired) electrons. The van der Waals surface area contributed by atoms with E-state index in [-0.39, 0.29) is 5.91 Å². The first kappa shape index (κ1) is 14.4.